The zero-order valence-corrected chi connectivity index (χ0v) is 17.1. The molecule has 7 nitrogen and oxygen atoms in total. The molecule has 150 valence electrons. The summed E-state index contributed by atoms with van der Waals surface area (Å²) in [6.07, 6.45) is 3.50. The number of nitrogens with one attached hydrogen (secondary N) is 1. The molecule has 4 rings (SSSR count). The summed E-state index contributed by atoms with van der Waals surface area (Å²) in [6, 6.07) is 10.5. The Kier molecular flexibility index (Phi) is 5.87. The molecule has 2 aliphatic rings. The fourth-order valence-corrected chi connectivity index (χ4v) is 4.62. The van der Waals surface area contributed by atoms with Crippen molar-refractivity contribution in [2.24, 2.45) is 7.05 Å². The maximum atomic E-state index is 12.4. The Bertz CT molecular complexity index is 800. The lowest BCUT2D eigenvalue weighted by atomic mass is 9.64. The van der Waals surface area contributed by atoms with E-state index in [1.807, 2.05) is 17.7 Å². The van der Waals surface area contributed by atoms with Gasteiger partial charge in [-0.1, -0.05) is 48.5 Å². The van der Waals surface area contributed by atoms with Crippen LogP contribution in [-0.2, 0) is 22.0 Å². The van der Waals surface area contributed by atoms with Gasteiger partial charge in [-0.15, -0.1) is 10.2 Å². The summed E-state index contributed by atoms with van der Waals surface area (Å²) in [7, 11) is 1.95. The van der Waals surface area contributed by atoms with Gasteiger partial charge in [0.15, 0.2) is 5.16 Å². The Morgan fingerprint density at radius 3 is 2.64 bits per heavy atom. The molecule has 0 atom stereocenters. The number of aromatic nitrogens is 3. The van der Waals surface area contributed by atoms with Crippen molar-refractivity contribution in [3.8, 4) is 0 Å². The van der Waals surface area contributed by atoms with Gasteiger partial charge in [0.25, 0.3) is 0 Å². The quantitative estimate of drug-likeness (QED) is 0.716. The highest BCUT2D eigenvalue weighted by Gasteiger charge is 2.38. The number of morpholine rings is 1. The number of carbonyl (C=O) groups is 1. The van der Waals surface area contributed by atoms with Gasteiger partial charge in [0, 0.05) is 32.1 Å². The van der Waals surface area contributed by atoms with Crippen LogP contribution in [0.4, 0.5) is 5.95 Å². The third-order valence-corrected chi connectivity index (χ3v) is 6.78. The first kappa shape index (κ1) is 19.3. The number of carbonyl (C=O) groups excluding carboxylic acids is 1. The summed E-state index contributed by atoms with van der Waals surface area (Å²) < 4.78 is 7.35. The number of benzene rings is 1. The van der Waals surface area contributed by atoms with Crippen LogP contribution < -0.4 is 10.2 Å². The van der Waals surface area contributed by atoms with Crippen molar-refractivity contribution in [2.75, 3.05) is 43.5 Å². The Balaban J connectivity index is 1.30. The molecule has 1 amide bonds. The van der Waals surface area contributed by atoms with E-state index in [0.717, 1.165) is 37.0 Å². The lowest BCUT2D eigenvalue weighted by molar-refractivity contribution is -0.119. The van der Waals surface area contributed by atoms with E-state index in [1.165, 1.54) is 23.7 Å². The van der Waals surface area contributed by atoms with Crippen LogP contribution in [0.25, 0.3) is 0 Å². The summed E-state index contributed by atoms with van der Waals surface area (Å²) in [6.45, 7) is 3.76. The Labute approximate surface area is 169 Å². The highest BCUT2D eigenvalue weighted by atomic mass is 32.2. The van der Waals surface area contributed by atoms with Gasteiger partial charge in [-0.05, 0) is 18.4 Å². The average molecular weight is 402 g/mol. The molecule has 1 aromatic carbocycles. The zero-order valence-electron chi connectivity index (χ0n) is 16.3. The minimum atomic E-state index is 0.0446. The molecule has 1 N–H and O–H groups in total. The number of thioether (sulfide) groups is 1. The third kappa shape index (κ3) is 4.03. The van der Waals surface area contributed by atoms with Gasteiger partial charge in [0.2, 0.25) is 11.9 Å². The third-order valence-electron chi connectivity index (χ3n) is 5.76. The molecule has 2 aromatic rings. The van der Waals surface area contributed by atoms with Crippen molar-refractivity contribution >= 4 is 23.6 Å². The van der Waals surface area contributed by atoms with E-state index in [1.54, 1.807) is 0 Å². The van der Waals surface area contributed by atoms with Crippen molar-refractivity contribution in [3.05, 3.63) is 35.9 Å². The molecular weight excluding hydrogens is 374 g/mol. The van der Waals surface area contributed by atoms with Gasteiger partial charge in [-0.25, -0.2) is 0 Å². The molecule has 0 unspecified atom stereocenters. The van der Waals surface area contributed by atoms with Crippen molar-refractivity contribution in [3.63, 3.8) is 0 Å². The largest absolute Gasteiger partial charge is 0.378 e. The number of anilines is 1. The lowest BCUT2D eigenvalue weighted by Crippen LogP contribution is -2.46. The molecule has 0 radical (unpaired) electrons. The Hall–Kier alpha value is -2.06. The molecule has 0 bridgehead atoms. The Morgan fingerprint density at radius 2 is 1.96 bits per heavy atom. The molecule has 1 aliphatic heterocycles. The normalized spacial score (nSPS) is 18.5. The van der Waals surface area contributed by atoms with Crippen molar-refractivity contribution in [1.82, 2.24) is 20.1 Å². The second-order valence-corrected chi connectivity index (χ2v) is 8.45. The van der Waals surface area contributed by atoms with Gasteiger partial charge in [0.05, 0.1) is 19.0 Å². The van der Waals surface area contributed by atoms with E-state index >= 15 is 0 Å². The zero-order chi connectivity index (χ0) is 19.4. The second-order valence-electron chi connectivity index (χ2n) is 7.51. The van der Waals surface area contributed by atoms with Crippen molar-refractivity contribution < 1.29 is 9.53 Å². The van der Waals surface area contributed by atoms with E-state index in [-0.39, 0.29) is 11.3 Å². The van der Waals surface area contributed by atoms with Gasteiger partial charge in [0.1, 0.15) is 0 Å². The van der Waals surface area contributed by atoms with Crippen LogP contribution in [-0.4, -0.2) is 59.3 Å². The predicted molar refractivity (Wildman–Crippen MR) is 110 cm³/mol. The monoisotopic (exact) mass is 401 g/mol. The molecule has 1 saturated heterocycles. The van der Waals surface area contributed by atoms with Crippen molar-refractivity contribution in [1.29, 1.82) is 0 Å². The van der Waals surface area contributed by atoms with E-state index in [2.05, 4.69) is 44.7 Å². The number of ether oxygens (including phenoxy) is 1. The van der Waals surface area contributed by atoms with Crippen molar-refractivity contribution in [2.45, 2.75) is 29.8 Å². The molecule has 1 aliphatic carbocycles. The van der Waals surface area contributed by atoms with E-state index < -0.39 is 0 Å². The minimum Gasteiger partial charge on any atom is -0.378 e. The first-order valence-electron chi connectivity index (χ1n) is 9.85. The molecule has 1 aromatic heterocycles. The number of amides is 1. The van der Waals surface area contributed by atoms with Gasteiger partial charge >= 0.3 is 0 Å². The van der Waals surface area contributed by atoms with Gasteiger partial charge in [-0.2, -0.15) is 0 Å². The SMILES string of the molecule is Cn1c(SCC(=O)NCC2(c3ccccc3)CCC2)nnc1N1CCOCC1. The summed E-state index contributed by atoms with van der Waals surface area (Å²) in [4.78, 5) is 14.6. The van der Waals surface area contributed by atoms with Crippen LogP contribution in [0.5, 0.6) is 0 Å². The number of nitrogens with zero attached hydrogens (tertiary/aromatic N) is 4. The molecule has 28 heavy (non-hydrogen) atoms. The molecule has 2 heterocycles. The predicted octanol–water partition coefficient (Wildman–Crippen LogP) is 1.98. The van der Waals surface area contributed by atoms with Crippen LogP contribution in [0.1, 0.15) is 24.8 Å². The maximum absolute atomic E-state index is 12.4. The second kappa shape index (κ2) is 8.53. The van der Waals surface area contributed by atoms with E-state index in [0.29, 0.717) is 25.5 Å². The standard InChI is InChI=1S/C20H27N5O2S/c1-24-18(25-10-12-27-13-11-25)22-23-19(24)28-14-17(26)21-15-20(8-5-9-20)16-6-3-2-4-7-16/h2-4,6-7H,5,8-15H2,1H3,(H,21,26). The average Bonchev–Trinajstić information content (AvgIpc) is 3.07. The van der Waals surface area contributed by atoms with E-state index in [9.17, 15) is 4.79 Å². The molecular formula is C20H27N5O2S. The topological polar surface area (TPSA) is 72.3 Å². The summed E-state index contributed by atoms with van der Waals surface area (Å²) in [5.74, 6) is 1.23. The van der Waals surface area contributed by atoms with Crippen LogP contribution in [0.3, 0.4) is 0 Å². The molecule has 1 saturated carbocycles. The summed E-state index contributed by atoms with van der Waals surface area (Å²) >= 11 is 1.43. The lowest BCUT2D eigenvalue weighted by Gasteiger charge is -2.42. The minimum absolute atomic E-state index is 0.0446. The van der Waals surface area contributed by atoms with E-state index in [4.69, 9.17) is 4.74 Å². The maximum Gasteiger partial charge on any atom is 0.230 e. The van der Waals surface area contributed by atoms with Crippen LogP contribution in [0.2, 0.25) is 0 Å². The highest BCUT2D eigenvalue weighted by molar-refractivity contribution is 7.99. The smallest absolute Gasteiger partial charge is 0.230 e. The fourth-order valence-electron chi connectivity index (χ4n) is 3.88. The van der Waals surface area contributed by atoms with Crippen LogP contribution in [0.15, 0.2) is 35.5 Å². The molecule has 2 fully saturated rings. The number of hydrogen-bond acceptors (Lipinski definition) is 6. The Morgan fingerprint density at radius 1 is 1.21 bits per heavy atom. The first-order chi connectivity index (χ1) is 13.7. The van der Waals surface area contributed by atoms with Crippen LogP contribution in [0, 0.1) is 0 Å². The van der Waals surface area contributed by atoms with Gasteiger partial charge < -0.3 is 15.0 Å². The molecule has 8 heteroatoms. The summed E-state index contributed by atoms with van der Waals surface area (Å²) in [5.41, 5.74) is 1.44. The molecule has 0 spiro atoms. The number of hydrogen-bond donors (Lipinski definition) is 1. The fraction of sp³-hybridized carbons (Fsp3) is 0.550. The number of rotatable bonds is 7. The highest BCUT2D eigenvalue weighted by Crippen LogP contribution is 2.43. The van der Waals surface area contributed by atoms with Crippen LogP contribution >= 0.6 is 11.8 Å². The first-order valence-corrected chi connectivity index (χ1v) is 10.8. The summed E-state index contributed by atoms with van der Waals surface area (Å²) in [5, 5.41) is 12.5. The van der Waals surface area contributed by atoms with Gasteiger partial charge in [-0.3, -0.25) is 9.36 Å².